The van der Waals surface area contributed by atoms with Gasteiger partial charge in [0.2, 0.25) is 11.5 Å². The highest BCUT2D eigenvalue weighted by Gasteiger charge is 2.28. The molecule has 0 fully saturated rings. The van der Waals surface area contributed by atoms with Crippen LogP contribution in [-0.4, -0.2) is 27.1 Å². The summed E-state index contributed by atoms with van der Waals surface area (Å²) >= 11 is 0. The van der Waals surface area contributed by atoms with Crippen molar-refractivity contribution in [3.63, 3.8) is 0 Å². The monoisotopic (exact) mass is 446 g/mol. The Morgan fingerprint density at radius 1 is 0.879 bits per heavy atom. The van der Waals surface area contributed by atoms with Gasteiger partial charge in [-0.3, -0.25) is 4.79 Å². The summed E-state index contributed by atoms with van der Waals surface area (Å²) in [4.78, 5) is 12.9. The highest BCUT2D eigenvalue weighted by molar-refractivity contribution is 6.14. The smallest absolute Gasteiger partial charge is 0.231 e. The van der Waals surface area contributed by atoms with Gasteiger partial charge in [-0.15, -0.1) is 0 Å². The number of rotatable bonds is 7. The number of methoxy groups -OCH3 is 3. The molecule has 6 heteroatoms. The van der Waals surface area contributed by atoms with Crippen molar-refractivity contribution >= 4 is 11.9 Å². The highest BCUT2D eigenvalue weighted by atomic mass is 16.5. The minimum atomic E-state index is -0.195. The van der Waals surface area contributed by atoms with Gasteiger partial charge in [0.25, 0.3) is 0 Å². The number of aryl methyl sites for hydroxylation is 2. The number of ketones is 1. The SMILES string of the molecule is COc1cc(C=C2Oc3cc(OCc4cc(C)ccc4C)ccc3C2=O)cc(OC)c1OC. The van der Waals surface area contributed by atoms with Crippen molar-refractivity contribution in [2.75, 3.05) is 21.3 Å². The third-order valence-electron chi connectivity index (χ3n) is 5.53. The van der Waals surface area contributed by atoms with Crippen LogP contribution in [0.5, 0.6) is 28.7 Å². The Balaban J connectivity index is 1.56. The van der Waals surface area contributed by atoms with Crippen molar-refractivity contribution in [1.82, 2.24) is 0 Å². The predicted octanol–water partition coefficient (Wildman–Crippen LogP) is 5.52. The highest BCUT2D eigenvalue weighted by Crippen LogP contribution is 2.40. The van der Waals surface area contributed by atoms with Crippen molar-refractivity contribution in [1.29, 1.82) is 0 Å². The van der Waals surface area contributed by atoms with Crippen LogP contribution in [0.3, 0.4) is 0 Å². The van der Waals surface area contributed by atoms with E-state index in [2.05, 4.69) is 32.0 Å². The molecule has 33 heavy (non-hydrogen) atoms. The maximum atomic E-state index is 12.9. The van der Waals surface area contributed by atoms with Crippen LogP contribution >= 0.6 is 0 Å². The summed E-state index contributed by atoms with van der Waals surface area (Å²) in [5.74, 6) is 2.59. The number of carbonyl (C=O) groups is 1. The Kier molecular flexibility index (Phi) is 6.27. The van der Waals surface area contributed by atoms with Crippen molar-refractivity contribution < 1.29 is 28.5 Å². The van der Waals surface area contributed by atoms with E-state index in [0.717, 1.165) is 5.56 Å². The summed E-state index contributed by atoms with van der Waals surface area (Å²) in [5.41, 5.74) is 4.66. The van der Waals surface area contributed by atoms with Crippen LogP contribution in [0.15, 0.2) is 54.3 Å². The third kappa shape index (κ3) is 4.51. The standard InChI is InChI=1S/C27H26O6/c1-16-6-7-17(2)19(10-16)15-32-20-8-9-21-22(14-20)33-23(26(21)28)11-18-12-24(29-3)27(31-5)25(13-18)30-4/h6-14H,15H2,1-5H3. The molecule has 4 rings (SSSR count). The molecular weight excluding hydrogens is 420 g/mol. The van der Waals surface area contributed by atoms with Gasteiger partial charge in [0.05, 0.1) is 26.9 Å². The Morgan fingerprint density at radius 3 is 2.27 bits per heavy atom. The number of ether oxygens (including phenoxy) is 5. The van der Waals surface area contributed by atoms with E-state index in [0.29, 0.717) is 46.5 Å². The number of fused-ring (bicyclic) bond motifs is 1. The molecule has 6 nitrogen and oxygen atoms in total. The van der Waals surface area contributed by atoms with Crippen LogP contribution in [0.1, 0.15) is 32.6 Å². The lowest BCUT2D eigenvalue weighted by atomic mass is 10.1. The number of Topliss-reactive ketones (excluding diaryl/α,β-unsaturated/α-hetero) is 1. The summed E-state index contributed by atoms with van der Waals surface area (Å²) in [6, 6.07) is 15.0. The average molecular weight is 446 g/mol. The average Bonchev–Trinajstić information content (AvgIpc) is 3.13. The maximum Gasteiger partial charge on any atom is 0.231 e. The van der Waals surface area contributed by atoms with Gasteiger partial charge in [-0.1, -0.05) is 23.8 Å². The summed E-state index contributed by atoms with van der Waals surface area (Å²) in [6.45, 7) is 4.55. The van der Waals surface area contributed by atoms with Crippen LogP contribution in [0.25, 0.3) is 6.08 Å². The van der Waals surface area contributed by atoms with Gasteiger partial charge in [-0.05, 0) is 60.9 Å². The summed E-state index contributed by atoms with van der Waals surface area (Å²) < 4.78 is 28.0. The molecule has 1 aliphatic heterocycles. The van der Waals surface area contributed by atoms with Crippen molar-refractivity contribution in [3.05, 3.63) is 82.1 Å². The van der Waals surface area contributed by atoms with Gasteiger partial charge in [-0.2, -0.15) is 0 Å². The molecule has 0 aromatic heterocycles. The fraction of sp³-hybridized carbons (Fsp3) is 0.222. The van der Waals surface area contributed by atoms with Gasteiger partial charge in [-0.25, -0.2) is 0 Å². The Morgan fingerprint density at radius 2 is 1.61 bits per heavy atom. The molecule has 3 aromatic rings. The van der Waals surface area contributed by atoms with Gasteiger partial charge < -0.3 is 23.7 Å². The first-order valence-electron chi connectivity index (χ1n) is 10.5. The lowest BCUT2D eigenvalue weighted by molar-refractivity contribution is 0.101. The van der Waals surface area contributed by atoms with E-state index in [1.54, 1.807) is 57.7 Å². The van der Waals surface area contributed by atoms with Gasteiger partial charge in [0.15, 0.2) is 17.3 Å². The molecule has 0 N–H and O–H groups in total. The lowest BCUT2D eigenvalue weighted by Gasteiger charge is -2.13. The zero-order valence-corrected chi connectivity index (χ0v) is 19.4. The largest absolute Gasteiger partial charge is 0.493 e. The minimum absolute atomic E-state index is 0.195. The molecule has 0 unspecified atom stereocenters. The van der Waals surface area contributed by atoms with Gasteiger partial charge in [0.1, 0.15) is 18.1 Å². The molecule has 170 valence electrons. The quantitative estimate of drug-likeness (QED) is 0.445. The zero-order chi connectivity index (χ0) is 23.5. The summed E-state index contributed by atoms with van der Waals surface area (Å²) in [7, 11) is 4.63. The molecule has 1 heterocycles. The Bertz CT molecular complexity index is 1220. The first-order chi connectivity index (χ1) is 15.9. The van der Waals surface area contributed by atoms with E-state index in [9.17, 15) is 4.79 Å². The number of hydrogen-bond donors (Lipinski definition) is 0. The van der Waals surface area contributed by atoms with Crippen LogP contribution in [0.4, 0.5) is 0 Å². The van der Waals surface area contributed by atoms with Crippen LogP contribution in [-0.2, 0) is 6.61 Å². The van der Waals surface area contributed by atoms with Crippen LogP contribution in [0.2, 0.25) is 0 Å². The molecule has 0 aliphatic carbocycles. The van der Waals surface area contributed by atoms with Gasteiger partial charge >= 0.3 is 0 Å². The fourth-order valence-corrected chi connectivity index (χ4v) is 3.71. The number of benzene rings is 3. The lowest BCUT2D eigenvalue weighted by Crippen LogP contribution is -1.99. The van der Waals surface area contributed by atoms with E-state index in [1.165, 1.54) is 11.1 Å². The molecular formula is C27H26O6. The molecule has 0 atom stereocenters. The second-order valence-corrected chi connectivity index (χ2v) is 7.78. The number of allylic oxidation sites excluding steroid dienone is 1. The number of carbonyl (C=O) groups excluding carboxylic acids is 1. The van der Waals surface area contributed by atoms with E-state index in [4.69, 9.17) is 23.7 Å². The minimum Gasteiger partial charge on any atom is -0.493 e. The maximum absolute atomic E-state index is 12.9. The molecule has 3 aromatic carbocycles. The van der Waals surface area contributed by atoms with Crippen LogP contribution < -0.4 is 23.7 Å². The van der Waals surface area contributed by atoms with E-state index in [-0.39, 0.29) is 11.5 Å². The summed E-state index contributed by atoms with van der Waals surface area (Å²) in [6.07, 6.45) is 1.66. The van der Waals surface area contributed by atoms with Crippen molar-refractivity contribution in [2.24, 2.45) is 0 Å². The fourth-order valence-electron chi connectivity index (χ4n) is 3.71. The first-order valence-corrected chi connectivity index (χ1v) is 10.5. The first kappa shape index (κ1) is 22.3. The third-order valence-corrected chi connectivity index (χ3v) is 5.53. The molecule has 0 saturated heterocycles. The number of hydrogen-bond acceptors (Lipinski definition) is 6. The topological polar surface area (TPSA) is 63.2 Å². The zero-order valence-electron chi connectivity index (χ0n) is 19.4. The van der Waals surface area contributed by atoms with Crippen LogP contribution in [0, 0.1) is 13.8 Å². The molecule has 1 aliphatic rings. The second kappa shape index (κ2) is 9.28. The molecule has 0 bridgehead atoms. The van der Waals surface area contributed by atoms with Crippen molar-refractivity contribution in [2.45, 2.75) is 20.5 Å². The van der Waals surface area contributed by atoms with Crippen molar-refractivity contribution in [3.8, 4) is 28.7 Å². The Hall–Kier alpha value is -3.93. The summed E-state index contributed by atoms with van der Waals surface area (Å²) in [5, 5.41) is 0. The van der Waals surface area contributed by atoms with E-state index >= 15 is 0 Å². The van der Waals surface area contributed by atoms with E-state index in [1.807, 2.05) is 0 Å². The Labute approximate surface area is 193 Å². The normalized spacial score (nSPS) is 13.5. The molecule has 0 radical (unpaired) electrons. The second-order valence-electron chi connectivity index (χ2n) is 7.78. The molecule has 0 spiro atoms. The van der Waals surface area contributed by atoms with Gasteiger partial charge in [0, 0.05) is 6.07 Å². The predicted molar refractivity (Wildman–Crippen MR) is 126 cm³/mol. The molecule has 0 saturated carbocycles. The molecule has 0 amide bonds. The van der Waals surface area contributed by atoms with E-state index < -0.39 is 0 Å².